The van der Waals surface area contributed by atoms with Gasteiger partial charge in [0.15, 0.2) is 5.78 Å². The Hall–Kier alpha value is -0.550. The van der Waals surface area contributed by atoms with Gasteiger partial charge in [-0.1, -0.05) is 18.5 Å². The van der Waals surface area contributed by atoms with Crippen LogP contribution >= 0.6 is 23.4 Å². The Morgan fingerprint density at radius 2 is 2.15 bits per heavy atom. The SMILES string of the molecule is CCSc1ccc(Cl)cc1C(=O)CCN1CCNCC1. The lowest BCUT2D eigenvalue weighted by molar-refractivity contribution is 0.0958. The molecule has 0 radical (unpaired) electrons. The molecule has 0 aromatic heterocycles. The summed E-state index contributed by atoms with van der Waals surface area (Å²) in [6, 6.07) is 5.61. The van der Waals surface area contributed by atoms with Gasteiger partial charge in [-0.3, -0.25) is 4.79 Å². The summed E-state index contributed by atoms with van der Waals surface area (Å²) in [5.41, 5.74) is 0.777. The number of nitrogens with one attached hydrogen (secondary N) is 1. The number of carbonyl (C=O) groups excluding carboxylic acids is 1. The van der Waals surface area contributed by atoms with Crippen molar-refractivity contribution in [1.82, 2.24) is 10.2 Å². The molecular formula is C15H21ClN2OS. The lowest BCUT2D eigenvalue weighted by Gasteiger charge is -2.26. The summed E-state index contributed by atoms with van der Waals surface area (Å²) < 4.78 is 0. The van der Waals surface area contributed by atoms with E-state index in [1.54, 1.807) is 17.8 Å². The molecule has 0 bridgehead atoms. The van der Waals surface area contributed by atoms with E-state index in [1.165, 1.54) is 0 Å². The molecule has 110 valence electrons. The lowest BCUT2D eigenvalue weighted by Crippen LogP contribution is -2.44. The Labute approximate surface area is 130 Å². The maximum atomic E-state index is 12.4. The van der Waals surface area contributed by atoms with Gasteiger partial charge in [-0.15, -0.1) is 11.8 Å². The van der Waals surface area contributed by atoms with Crippen LogP contribution in [0.25, 0.3) is 0 Å². The summed E-state index contributed by atoms with van der Waals surface area (Å²) in [4.78, 5) is 15.8. The number of piperazine rings is 1. The van der Waals surface area contributed by atoms with Crippen LogP contribution in [0.15, 0.2) is 23.1 Å². The summed E-state index contributed by atoms with van der Waals surface area (Å²) in [6.07, 6.45) is 0.567. The Bertz CT molecular complexity index is 461. The Kier molecular flexibility index (Phi) is 6.36. The average Bonchev–Trinajstić information content (AvgIpc) is 2.48. The van der Waals surface area contributed by atoms with Crippen LogP contribution in [0.2, 0.25) is 5.02 Å². The van der Waals surface area contributed by atoms with Crippen LogP contribution in [-0.4, -0.2) is 49.2 Å². The van der Waals surface area contributed by atoms with Gasteiger partial charge in [0.2, 0.25) is 0 Å². The molecule has 3 nitrogen and oxygen atoms in total. The van der Waals surface area contributed by atoms with Crippen molar-refractivity contribution in [3.8, 4) is 0 Å². The summed E-state index contributed by atoms with van der Waals surface area (Å²) in [6.45, 7) is 7.01. The molecule has 1 heterocycles. The van der Waals surface area contributed by atoms with Crippen molar-refractivity contribution in [2.75, 3.05) is 38.5 Å². The third-order valence-electron chi connectivity index (χ3n) is 3.41. The van der Waals surface area contributed by atoms with Crippen molar-refractivity contribution in [3.05, 3.63) is 28.8 Å². The van der Waals surface area contributed by atoms with Gasteiger partial charge in [0.1, 0.15) is 0 Å². The maximum absolute atomic E-state index is 12.4. The van der Waals surface area contributed by atoms with Gasteiger partial charge in [-0.2, -0.15) is 0 Å². The van der Waals surface area contributed by atoms with Crippen LogP contribution in [-0.2, 0) is 0 Å². The second-order valence-electron chi connectivity index (χ2n) is 4.84. The third-order valence-corrected chi connectivity index (χ3v) is 4.60. The highest BCUT2D eigenvalue weighted by Gasteiger charge is 2.15. The number of thioether (sulfide) groups is 1. The van der Waals surface area contributed by atoms with Gasteiger partial charge >= 0.3 is 0 Å². The normalized spacial score (nSPS) is 16.3. The van der Waals surface area contributed by atoms with Crippen molar-refractivity contribution in [3.63, 3.8) is 0 Å². The third kappa shape index (κ3) is 4.48. The van der Waals surface area contributed by atoms with Crippen molar-refractivity contribution >= 4 is 29.1 Å². The molecule has 0 amide bonds. The fraction of sp³-hybridized carbons (Fsp3) is 0.533. The predicted molar refractivity (Wildman–Crippen MR) is 86.1 cm³/mol. The molecule has 1 aromatic carbocycles. The molecule has 0 saturated carbocycles. The van der Waals surface area contributed by atoms with E-state index in [-0.39, 0.29) is 5.78 Å². The highest BCUT2D eigenvalue weighted by atomic mass is 35.5. The number of rotatable bonds is 6. The Balaban J connectivity index is 1.98. The van der Waals surface area contributed by atoms with Crippen LogP contribution in [0.3, 0.4) is 0 Å². The molecule has 1 N–H and O–H groups in total. The molecule has 0 atom stereocenters. The highest BCUT2D eigenvalue weighted by Crippen LogP contribution is 2.26. The summed E-state index contributed by atoms with van der Waals surface area (Å²) in [7, 11) is 0. The average molecular weight is 313 g/mol. The van der Waals surface area contributed by atoms with E-state index in [0.717, 1.165) is 48.9 Å². The number of Topliss-reactive ketones (excluding diaryl/α,β-unsaturated/α-hetero) is 1. The number of halogens is 1. The van der Waals surface area contributed by atoms with E-state index in [2.05, 4.69) is 17.1 Å². The van der Waals surface area contributed by atoms with Crippen LogP contribution in [0.5, 0.6) is 0 Å². The number of carbonyl (C=O) groups is 1. The van der Waals surface area contributed by atoms with Crippen molar-refractivity contribution in [2.45, 2.75) is 18.2 Å². The van der Waals surface area contributed by atoms with Crippen LogP contribution in [0, 0.1) is 0 Å². The second-order valence-corrected chi connectivity index (χ2v) is 6.58. The molecule has 1 saturated heterocycles. The zero-order valence-electron chi connectivity index (χ0n) is 11.8. The number of ketones is 1. The lowest BCUT2D eigenvalue weighted by atomic mass is 10.1. The smallest absolute Gasteiger partial charge is 0.165 e. The largest absolute Gasteiger partial charge is 0.314 e. The molecule has 5 heteroatoms. The van der Waals surface area contributed by atoms with E-state index in [9.17, 15) is 4.79 Å². The zero-order chi connectivity index (χ0) is 14.4. The minimum absolute atomic E-state index is 0.196. The van der Waals surface area contributed by atoms with Crippen molar-refractivity contribution in [2.24, 2.45) is 0 Å². The molecule has 1 aromatic rings. The first-order valence-corrected chi connectivity index (χ1v) is 8.45. The first-order chi connectivity index (χ1) is 9.70. The molecule has 0 unspecified atom stereocenters. The summed E-state index contributed by atoms with van der Waals surface area (Å²) >= 11 is 7.73. The zero-order valence-corrected chi connectivity index (χ0v) is 13.4. The van der Waals surface area contributed by atoms with Gasteiger partial charge in [0.25, 0.3) is 0 Å². The van der Waals surface area contributed by atoms with Crippen molar-refractivity contribution < 1.29 is 4.79 Å². The molecule has 0 spiro atoms. The minimum Gasteiger partial charge on any atom is -0.314 e. The number of hydrogen-bond acceptors (Lipinski definition) is 4. The van der Waals surface area contributed by atoms with Gasteiger partial charge in [0.05, 0.1) is 0 Å². The van der Waals surface area contributed by atoms with Crippen LogP contribution < -0.4 is 5.32 Å². The molecule has 2 rings (SSSR count). The monoisotopic (exact) mass is 312 g/mol. The van der Waals surface area contributed by atoms with Gasteiger partial charge in [-0.05, 0) is 24.0 Å². The number of hydrogen-bond donors (Lipinski definition) is 1. The first-order valence-electron chi connectivity index (χ1n) is 7.09. The van der Waals surface area contributed by atoms with Gasteiger partial charge in [-0.25, -0.2) is 0 Å². The van der Waals surface area contributed by atoms with Crippen LogP contribution in [0.1, 0.15) is 23.7 Å². The molecule has 20 heavy (non-hydrogen) atoms. The minimum atomic E-state index is 0.196. The summed E-state index contributed by atoms with van der Waals surface area (Å²) in [5.74, 6) is 1.15. The number of benzene rings is 1. The van der Waals surface area contributed by atoms with Gasteiger partial charge < -0.3 is 10.2 Å². The quantitative estimate of drug-likeness (QED) is 0.646. The highest BCUT2D eigenvalue weighted by molar-refractivity contribution is 7.99. The molecule has 0 aliphatic carbocycles. The van der Waals surface area contributed by atoms with Crippen LogP contribution in [0.4, 0.5) is 0 Å². The van der Waals surface area contributed by atoms with Crippen molar-refractivity contribution in [1.29, 1.82) is 0 Å². The molecule has 1 fully saturated rings. The molecular weight excluding hydrogens is 292 g/mol. The Morgan fingerprint density at radius 3 is 2.85 bits per heavy atom. The number of nitrogens with zero attached hydrogens (tertiary/aromatic N) is 1. The first kappa shape index (κ1) is 15.8. The topological polar surface area (TPSA) is 32.3 Å². The fourth-order valence-corrected chi connectivity index (χ4v) is 3.31. The fourth-order valence-electron chi connectivity index (χ4n) is 2.33. The summed E-state index contributed by atoms with van der Waals surface area (Å²) in [5, 5.41) is 3.96. The van der Waals surface area contributed by atoms with E-state index in [1.807, 2.05) is 12.1 Å². The second kappa shape index (κ2) is 8.03. The standard InChI is InChI=1S/C15H21ClN2OS/c1-2-20-15-4-3-12(16)11-13(15)14(19)5-8-18-9-6-17-7-10-18/h3-4,11,17H,2,5-10H2,1H3. The molecule has 1 aliphatic heterocycles. The van der Waals surface area contributed by atoms with E-state index in [0.29, 0.717) is 11.4 Å². The molecule has 1 aliphatic rings. The van der Waals surface area contributed by atoms with E-state index < -0.39 is 0 Å². The van der Waals surface area contributed by atoms with E-state index >= 15 is 0 Å². The predicted octanol–water partition coefficient (Wildman–Crippen LogP) is 2.93. The van der Waals surface area contributed by atoms with Gasteiger partial charge in [0, 0.05) is 54.6 Å². The Morgan fingerprint density at radius 1 is 1.40 bits per heavy atom. The maximum Gasteiger partial charge on any atom is 0.165 e. The van der Waals surface area contributed by atoms with E-state index in [4.69, 9.17) is 11.6 Å².